The number of halogens is 3. The van der Waals surface area contributed by atoms with Gasteiger partial charge in [0.15, 0.2) is 0 Å². The number of para-hydroxylation sites is 1. The van der Waals surface area contributed by atoms with Gasteiger partial charge in [-0.2, -0.15) is 0 Å². The van der Waals surface area contributed by atoms with E-state index in [1.807, 2.05) is 29.2 Å². The van der Waals surface area contributed by atoms with E-state index in [1.54, 1.807) is 11.8 Å². The Hall–Kier alpha value is -3.27. The second kappa shape index (κ2) is 10.5. The number of anilines is 1. The molecule has 1 aromatic carbocycles. The maximum Gasteiger partial charge on any atom is 0.409 e. The van der Waals surface area contributed by atoms with Crippen molar-refractivity contribution in [2.24, 2.45) is 5.92 Å². The molecule has 1 saturated heterocycles. The lowest BCUT2D eigenvalue weighted by atomic mass is 9.75. The Kier molecular flexibility index (Phi) is 7.26. The van der Waals surface area contributed by atoms with Crippen molar-refractivity contribution in [2.75, 3.05) is 31.1 Å². The van der Waals surface area contributed by atoms with Crippen molar-refractivity contribution < 1.29 is 27.9 Å². The largest absolute Gasteiger partial charge is 0.450 e. The Balaban J connectivity index is 1.21. The number of amides is 3. The van der Waals surface area contributed by atoms with Crippen LogP contribution in [-0.2, 0) is 14.9 Å². The number of alkyl halides is 2. The summed E-state index contributed by atoms with van der Waals surface area (Å²) in [6.45, 7) is 3.18. The first-order valence-electron chi connectivity index (χ1n) is 12.8. The van der Waals surface area contributed by atoms with Crippen LogP contribution < -0.4 is 10.2 Å². The van der Waals surface area contributed by atoms with Gasteiger partial charge in [0.25, 0.3) is 12.3 Å². The van der Waals surface area contributed by atoms with Crippen molar-refractivity contribution in [1.82, 2.24) is 15.2 Å². The summed E-state index contributed by atoms with van der Waals surface area (Å²) in [7, 11) is 0. The number of nitrogens with zero attached hydrogens (tertiary/aromatic N) is 3. The molecule has 1 aromatic heterocycles. The van der Waals surface area contributed by atoms with Gasteiger partial charge >= 0.3 is 6.09 Å². The Morgan fingerprint density at radius 3 is 2.61 bits per heavy atom. The van der Waals surface area contributed by atoms with Crippen LogP contribution >= 0.6 is 11.6 Å². The molecular formula is C27H29ClF2N4O4. The summed E-state index contributed by atoms with van der Waals surface area (Å²) < 4.78 is 31.7. The zero-order valence-electron chi connectivity index (χ0n) is 21.0. The third-order valence-corrected chi connectivity index (χ3v) is 7.98. The van der Waals surface area contributed by atoms with Gasteiger partial charge in [-0.25, -0.2) is 13.6 Å². The average Bonchev–Trinajstić information content (AvgIpc) is 3.12. The quantitative estimate of drug-likeness (QED) is 0.566. The van der Waals surface area contributed by atoms with Crippen LogP contribution in [0.1, 0.15) is 60.6 Å². The molecule has 8 nitrogen and oxygen atoms in total. The molecule has 1 aliphatic carbocycles. The summed E-state index contributed by atoms with van der Waals surface area (Å²) in [5.74, 6) is -0.385. The van der Waals surface area contributed by atoms with Crippen LogP contribution in [0.15, 0.2) is 36.5 Å². The van der Waals surface area contributed by atoms with E-state index in [4.69, 9.17) is 16.3 Å². The van der Waals surface area contributed by atoms with Crippen LogP contribution in [0.2, 0.25) is 5.02 Å². The number of carbonyl (C=O) groups is 3. The van der Waals surface area contributed by atoms with Crippen LogP contribution in [0.5, 0.6) is 0 Å². The molecule has 38 heavy (non-hydrogen) atoms. The first-order chi connectivity index (χ1) is 18.2. The van der Waals surface area contributed by atoms with Crippen LogP contribution in [-0.4, -0.2) is 60.1 Å². The molecule has 3 aliphatic rings. The number of aromatic nitrogens is 1. The minimum atomic E-state index is -2.88. The van der Waals surface area contributed by atoms with Crippen molar-refractivity contribution in [3.8, 4) is 0 Å². The predicted molar refractivity (Wildman–Crippen MR) is 136 cm³/mol. The highest BCUT2D eigenvalue weighted by Gasteiger charge is 2.59. The van der Waals surface area contributed by atoms with E-state index in [1.165, 1.54) is 6.07 Å². The lowest BCUT2D eigenvalue weighted by Crippen LogP contribution is -2.65. The minimum absolute atomic E-state index is 0.00246. The fourth-order valence-electron chi connectivity index (χ4n) is 5.85. The van der Waals surface area contributed by atoms with Gasteiger partial charge < -0.3 is 19.9 Å². The van der Waals surface area contributed by atoms with Gasteiger partial charge in [-0.3, -0.25) is 14.6 Å². The number of rotatable bonds is 6. The zero-order chi connectivity index (χ0) is 27.0. The summed E-state index contributed by atoms with van der Waals surface area (Å²) in [6.07, 6.45) is 0.692. The third-order valence-electron chi connectivity index (χ3n) is 7.77. The van der Waals surface area contributed by atoms with Gasteiger partial charge in [-0.1, -0.05) is 29.8 Å². The Morgan fingerprint density at radius 1 is 1.21 bits per heavy atom. The lowest BCUT2D eigenvalue weighted by Gasteiger charge is -2.46. The van der Waals surface area contributed by atoms with E-state index < -0.39 is 29.5 Å². The van der Waals surface area contributed by atoms with Crippen LogP contribution in [0.25, 0.3) is 0 Å². The maximum atomic E-state index is 13.7. The molecule has 1 spiro atoms. The Bertz CT molecular complexity index is 1250. The number of benzene rings is 1. The normalized spacial score (nSPS) is 21.9. The van der Waals surface area contributed by atoms with E-state index in [-0.39, 0.29) is 35.1 Å². The molecule has 2 aliphatic heterocycles. The summed E-state index contributed by atoms with van der Waals surface area (Å²) in [4.78, 5) is 45.6. The van der Waals surface area contributed by atoms with Crippen LogP contribution in [0.4, 0.5) is 19.3 Å². The van der Waals surface area contributed by atoms with Crippen molar-refractivity contribution in [1.29, 1.82) is 0 Å². The van der Waals surface area contributed by atoms with Gasteiger partial charge in [0.1, 0.15) is 11.1 Å². The molecule has 2 aromatic rings. The molecule has 11 heteroatoms. The Labute approximate surface area is 224 Å². The van der Waals surface area contributed by atoms with E-state index in [2.05, 4.69) is 10.3 Å². The molecule has 5 rings (SSSR count). The highest BCUT2D eigenvalue weighted by Crippen LogP contribution is 2.48. The van der Waals surface area contributed by atoms with Crippen molar-refractivity contribution >= 4 is 35.2 Å². The zero-order valence-corrected chi connectivity index (χ0v) is 21.7. The van der Waals surface area contributed by atoms with E-state index in [9.17, 15) is 23.2 Å². The SMILES string of the molecule is CCOC(=O)N1CC2(C1)C(=O)N(CC1CCC(NC(=O)c3cc(Cl)cnc3C(F)F)CC1)c1ccccc12. The standard InChI is InChI=1S/C27H29ClF2N4O4/c1-2-38-26(37)33-14-27(15-33)20-5-3-4-6-21(20)34(25(27)36)13-16-7-9-18(10-8-16)32-24(35)19-11-17(28)12-31-22(19)23(29)30/h3-6,11-12,16,18,23H,2,7-10,13-15H2,1H3,(H,32,35). The van der Waals surface area contributed by atoms with Gasteiger partial charge in [-0.05, 0) is 56.2 Å². The maximum absolute atomic E-state index is 13.7. The van der Waals surface area contributed by atoms with Crippen molar-refractivity contribution in [3.05, 3.63) is 58.4 Å². The second-order valence-electron chi connectivity index (χ2n) is 10.1. The van der Waals surface area contributed by atoms with E-state index >= 15 is 0 Å². The summed E-state index contributed by atoms with van der Waals surface area (Å²) in [5, 5.41) is 2.97. The summed E-state index contributed by atoms with van der Waals surface area (Å²) >= 11 is 5.88. The number of pyridine rings is 1. The molecular weight excluding hydrogens is 518 g/mol. The fraction of sp³-hybridized carbons (Fsp3) is 0.481. The second-order valence-corrected chi connectivity index (χ2v) is 10.6. The third kappa shape index (κ3) is 4.70. The number of hydrogen-bond acceptors (Lipinski definition) is 5. The number of likely N-dealkylation sites (tertiary alicyclic amines) is 1. The highest BCUT2D eigenvalue weighted by atomic mass is 35.5. The molecule has 3 amide bonds. The van der Waals surface area contributed by atoms with E-state index in [0.29, 0.717) is 32.5 Å². The van der Waals surface area contributed by atoms with Crippen LogP contribution in [0, 0.1) is 5.92 Å². The average molecular weight is 547 g/mol. The van der Waals surface area contributed by atoms with Gasteiger partial charge in [0.2, 0.25) is 5.91 Å². The van der Waals surface area contributed by atoms with Crippen molar-refractivity contribution in [2.45, 2.75) is 50.5 Å². The summed E-state index contributed by atoms with van der Waals surface area (Å²) in [5.41, 5.74) is 0.290. The monoisotopic (exact) mass is 546 g/mol. The van der Waals surface area contributed by atoms with Gasteiger partial charge in [0.05, 0.1) is 17.2 Å². The predicted octanol–water partition coefficient (Wildman–Crippen LogP) is 4.72. The fourth-order valence-corrected chi connectivity index (χ4v) is 6.01. The molecule has 0 atom stereocenters. The first kappa shape index (κ1) is 26.3. The lowest BCUT2D eigenvalue weighted by molar-refractivity contribution is -0.128. The number of nitrogens with one attached hydrogen (secondary N) is 1. The highest BCUT2D eigenvalue weighted by molar-refractivity contribution is 6.30. The molecule has 2 fully saturated rings. The van der Waals surface area contributed by atoms with E-state index in [0.717, 1.165) is 30.3 Å². The van der Waals surface area contributed by atoms with Gasteiger partial charge in [0, 0.05) is 37.6 Å². The molecule has 1 N–H and O–H groups in total. The molecule has 202 valence electrons. The number of ether oxygens (including phenoxy) is 1. The Morgan fingerprint density at radius 2 is 1.92 bits per heavy atom. The number of fused-ring (bicyclic) bond motifs is 2. The molecule has 0 unspecified atom stereocenters. The molecule has 0 radical (unpaired) electrons. The summed E-state index contributed by atoms with van der Waals surface area (Å²) in [6, 6.07) is 8.77. The van der Waals surface area contributed by atoms with Crippen molar-refractivity contribution in [3.63, 3.8) is 0 Å². The molecule has 3 heterocycles. The minimum Gasteiger partial charge on any atom is -0.450 e. The van der Waals surface area contributed by atoms with Gasteiger partial charge in [-0.15, -0.1) is 0 Å². The molecule has 0 bridgehead atoms. The number of carbonyl (C=O) groups excluding carboxylic acids is 3. The first-order valence-corrected chi connectivity index (χ1v) is 13.2. The van der Waals surface area contributed by atoms with Crippen LogP contribution in [0.3, 0.4) is 0 Å². The topological polar surface area (TPSA) is 91.8 Å². The number of hydrogen-bond donors (Lipinski definition) is 1. The molecule has 1 saturated carbocycles. The smallest absolute Gasteiger partial charge is 0.409 e.